The van der Waals surface area contributed by atoms with E-state index in [1.807, 2.05) is 0 Å². The summed E-state index contributed by atoms with van der Waals surface area (Å²) in [5.41, 5.74) is 1.40. The second-order valence-electron chi connectivity index (χ2n) is 5.82. The maximum Gasteiger partial charge on any atom is 0.0292 e. The van der Waals surface area contributed by atoms with Gasteiger partial charge in [-0.2, -0.15) is 11.8 Å². The smallest absolute Gasteiger partial charge is 0.0292 e. The molecule has 1 unspecified atom stereocenters. The van der Waals surface area contributed by atoms with Gasteiger partial charge in [-0.3, -0.25) is 0 Å². The minimum absolute atomic E-state index is 0.442. The SMILES string of the molecule is CSc1ccc(C(C)NCC2(SC)CCCCC2)cc1. The molecule has 1 fully saturated rings. The summed E-state index contributed by atoms with van der Waals surface area (Å²) in [5.74, 6) is 0. The summed E-state index contributed by atoms with van der Waals surface area (Å²) >= 11 is 3.88. The molecule has 1 atom stereocenters. The standard InChI is InChI=1S/C17H27NS2/c1-14(15-7-9-16(19-2)10-8-15)18-13-17(20-3)11-5-4-6-12-17/h7-10,14,18H,4-6,11-13H2,1-3H3. The van der Waals surface area contributed by atoms with Gasteiger partial charge in [0.1, 0.15) is 0 Å². The topological polar surface area (TPSA) is 12.0 Å². The Bertz CT molecular complexity index is 396. The van der Waals surface area contributed by atoms with Gasteiger partial charge in [-0.25, -0.2) is 0 Å². The highest BCUT2D eigenvalue weighted by Crippen LogP contribution is 2.38. The van der Waals surface area contributed by atoms with Crippen molar-refractivity contribution in [1.82, 2.24) is 5.32 Å². The van der Waals surface area contributed by atoms with Gasteiger partial charge in [0.2, 0.25) is 0 Å². The average Bonchev–Trinajstić information content (AvgIpc) is 2.53. The Morgan fingerprint density at radius 2 is 1.75 bits per heavy atom. The second kappa shape index (κ2) is 7.77. The Balaban J connectivity index is 1.91. The molecule has 2 rings (SSSR count). The van der Waals surface area contributed by atoms with E-state index in [4.69, 9.17) is 0 Å². The first-order chi connectivity index (χ1) is 9.69. The normalized spacial score (nSPS) is 19.8. The number of thioether (sulfide) groups is 2. The van der Waals surface area contributed by atoms with Gasteiger partial charge < -0.3 is 5.32 Å². The zero-order chi connectivity index (χ0) is 14.4. The lowest BCUT2D eigenvalue weighted by molar-refractivity contribution is 0.367. The third kappa shape index (κ3) is 4.19. The molecule has 1 aliphatic carbocycles. The molecule has 0 spiro atoms. The lowest BCUT2D eigenvalue weighted by atomic mass is 9.88. The third-order valence-electron chi connectivity index (χ3n) is 4.54. The average molecular weight is 310 g/mol. The van der Waals surface area contributed by atoms with Gasteiger partial charge >= 0.3 is 0 Å². The van der Waals surface area contributed by atoms with Gasteiger partial charge in [0.15, 0.2) is 0 Å². The largest absolute Gasteiger partial charge is 0.309 e. The molecule has 3 heteroatoms. The van der Waals surface area contributed by atoms with E-state index in [-0.39, 0.29) is 0 Å². The van der Waals surface area contributed by atoms with Crippen LogP contribution in [0.4, 0.5) is 0 Å². The van der Waals surface area contributed by atoms with Crippen molar-refractivity contribution in [3.05, 3.63) is 29.8 Å². The molecule has 20 heavy (non-hydrogen) atoms. The number of hydrogen-bond acceptors (Lipinski definition) is 3. The van der Waals surface area contributed by atoms with E-state index in [9.17, 15) is 0 Å². The molecule has 0 radical (unpaired) electrons. The summed E-state index contributed by atoms with van der Waals surface area (Å²) in [7, 11) is 0. The summed E-state index contributed by atoms with van der Waals surface area (Å²) < 4.78 is 0.478. The van der Waals surface area contributed by atoms with Crippen LogP contribution in [0.25, 0.3) is 0 Å². The molecule has 0 amide bonds. The number of benzene rings is 1. The molecule has 0 saturated heterocycles. The summed E-state index contributed by atoms with van der Waals surface area (Å²) in [5, 5.41) is 3.77. The quantitative estimate of drug-likeness (QED) is 0.732. The van der Waals surface area contributed by atoms with Crippen LogP contribution in [0.15, 0.2) is 29.2 Å². The Morgan fingerprint density at radius 3 is 2.30 bits per heavy atom. The lowest BCUT2D eigenvalue weighted by Crippen LogP contribution is -2.40. The van der Waals surface area contributed by atoms with Crippen LogP contribution in [0.5, 0.6) is 0 Å². The molecule has 1 saturated carbocycles. The molecular weight excluding hydrogens is 282 g/mol. The highest BCUT2D eigenvalue weighted by Gasteiger charge is 2.31. The van der Waals surface area contributed by atoms with Crippen molar-refractivity contribution in [1.29, 1.82) is 0 Å². The minimum atomic E-state index is 0.442. The van der Waals surface area contributed by atoms with Gasteiger partial charge in [-0.15, -0.1) is 11.8 Å². The third-order valence-corrected chi connectivity index (χ3v) is 6.71. The molecule has 0 bridgehead atoms. The molecule has 1 nitrogen and oxygen atoms in total. The fourth-order valence-corrected chi connectivity index (χ4v) is 4.33. The maximum atomic E-state index is 3.77. The minimum Gasteiger partial charge on any atom is -0.309 e. The van der Waals surface area contributed by atoms with E-state index in [1.165, 1.54) is 42.6 Å². The highest BCUT2D eigenvalue weighted by molar-refractivity contribution is 8.00. The van der Waals surface area contributed by atoms with Crippen molar-refractivity contribution in [2.24, 2.45) is 0 Å². The molecule has 0 aromatic heterocycles. The molecule has 1 aliphatic rings. The van der Waals surface area contributed by atoms with E-state index >= 15 is 0 Å². The summed E-state index contributed by atoms with van der Waals surface area (Å²) in [6.07, 6.45) is 11.4. The van der Waals surface area contributed by atoms with Gasteiger partial charge in [0.05, 0.1) is 0 Å². The van der Waals surface area contributed by atoms with Crippen molar-refractivity contribution in [2.75, 3.05) is 19.1 Å². The second-order valence-corrected chi connectivity index (χ2v) is 7.98. The predicted octanol–water partition coefficient (Wildman–Crippen LogP) is 5.13. The lowest BCUT2D eigenvalue weighted by Gasteiger charge is -2.37. The van der Waals surface area contributed by atoms with Crippen LogP contribution >= 0.6 is 23.5 Å². The van der Waals surface area contributed by atoms with Crippen LogP contribution in [0.1, 0.15) is 50.6 Å². The van der Waals surface area contributed by atoms with Crippen LogP contribution < -0.4 is 5.32 Å². The zero-order valence-electron chi connectivity index (χ0n) is 12.9. The first kappa shape index (κ1) is 16.3. The van der Waals surface area contributed by atoms with E-state index in [0.717, 1.165) is 6.54 Å². The Morgan fingerprint density at radius 1 is 1.10 bits per heavy atom. The van der Waals surface area contributed by atoms with Crippen molar-refractivity contribution < 1.29 is 0 Å². The Kier molecular flexibility index (Phi) is 6.31. The van der Waals surface area contributed by atoms with Gasteiger partial charge in [-0.05, 0) is 50.0 Å². The van der Waals surface area contributed by atoms with Gasteiger partial charge in [0, 0.05) is 22.2 Å². The van der Waals surface area contributed by atoms with Crippen LogP contribution in [0.2, 0.25) is 0 Å². The number of nitrogens with one attached hydrogen (secondary N) is 1. The van der Waals surface area contributed by atoms with Crippen LogP contribution in [-0.2, 0) is 0 Å². The number of rotatable bonds is 6. The monoisotopic (exact) mass is 309 g/mol. The maximum absolute atomic E-state index is 3.77. The fraction of sp³-hybridized carbons (Fsp3) is 0.647. The summed E-state index contributed by atoms with van der Waals surface area (Å²) in [6, 6.07) is 9.41. The molecule has 0 aliphatic heterocycles. The van der Waals surface area contributed by atoms with Crippen molar-refractivity contribution >= 4 is 23.5 Å². The van der Waals surface area contributed by atoms with E-state index in [0.29, 0.717) is 10.8 Å². The Hall–Kier alpha value is -0.120. The summed E-state index contributed by atoms with van der Waals surface area (Å²) in [4.78, 5) is 1.34. The molecule has 1 N–H and O–H groups in total. The first-order valence-corrected chi connectivity index (χ1v) is 10.1. The van der Waals surface area contributed by atoms with Crippen LogP contribution in [0.3, 0.4) is 0 Å². The van der Waals surface area contributed by atoms with Gasteiger partial charge in [-0.1, -0.05) is 31.4 Å². The van der Waals surface area contributed by atoms with E-state index in [2.05, 4.69) is 60.8 Å². The van der Waals surface area contributed by atoms with E-state index in [1.54, 1.807) is 11.8 Å². The van der Waals surface area contributed by atoms with Crippen LogP contribution in [0, 0.1) is 0 Å². The first-order valence-electron chi connectivity index (χ1n) is 7.62. The predicted molar refractivity (Wildman–Crippen MR) is 94.0 cm³/mol. The van der Waals surface area contributed by atoms with Crippen LogP contribution in [-0.4, -0.2) is 23.8 Å². The molecule has 1 aromatic carbocycles. The summed E-state index contributed by atoms with van der Waals surface area (Å²) in [6.45, 7) is 3.42. The highest BCUT2D eigenvalue weighted by atomic mass is 32.2. The van der Waals surface area contributed by atoms with Crippen molar-refractivity contribution in [3.8, 4) is 0 Å². The zero-order valence-corrected chi connectivity index (χ0v) is 14.6. The van der Waals surface area contributed by atoms with Crippen molar-refractivity contribution in [2.45, 2.75) is 54.7 Å². The molecule has 112 valence electrons. The molecule has 1 aromatic rings. The molecular formula is C17H27NS2. The fourth-order valence-electron chi connectivity index (χ4n) is 3.00. The number of hydrogen-bond donors (Lipinski definition) is 1. The van der Waals surface area contributed by atoms with Gasteiger partial charge in [0.25, 0.3) is 0 Å². The van der Waals surface area contributed by atoms with E-state index < -0.39 is 0 Å². The van der Waals surface area contributed by atoms with Crippen molar-refractivity contribution in [3.63, 3.8) is 0 Å². The molecule has 0 heterocycles. The Labute approximate surface area is 132 Å².